The Kier molecular flexibility index (Phi) is 7.05. The van der Waals surface area contributed by atoms with Crippen molar-refractivity contribution in [2.45, 2.75) is 24.6 Å². The summed E-state index contributed by atoms with van der Waals surface area (Å²) in [5.74, 6) is -1.51. The highest BCUT2D eigenvalue weighted by atomic mass is 35.5. The molecule has 7 nitrogen and oxygen atoms in total. The molecule has 2 aromatic carbocycles. The van der Waals surface area contributed by atoms with Crippen LogP contribution in [0.2, 0.25) is 10.0 Å². The van der Waals surface area contributed by atoms with Gasteiger partial charge in [0.05, 0.1) is 11.1 Å². The van der Waals surface area contributed by atoms with Crippen LogP contribution in [0.25, 0.3) is 0 Å². The minimum atomic E-state index is -1.89. The first-order valence-electron chi connectivity index (χ1n) is 8.47. The van der Waals surface area contributed by atoms with E-state index in [2.05, 4.69) is 0 Å². The summed E-state index contributed by atoms with van der Waals surface area (Å²) in [5, 5.41) is 9.92. The van der Waals surface area contributed by atoms with Crippen LogP contribution in [-0.4, -0.2) is 48.4 Å². The third kappa shape index (κ3) is 5.23. The van der Waals surface area contributed by atoms with Crippen molar-refractivity contribution in [3.63, 3.8) is 0 Å². The van der Waals surface area contributed by atoms with E-state index in [1.54, 1.807) is 5.48 Å². The standard InChI is InChI=1S/C19H16Cl2FNO6/c20-12-5-1-10(2-6-12)18(24)27-9-14-16(15(22)17(23-26)28-14)29-19(25)11-3-7-13(21)8-4-11/h1-8,14-17,23,26H,9H2/t14?,15-,16+,17?/m0/s1. The molecule has 2 aromatic rings. The number of carbonyl (C=O) groups is 2. The minimum Gasteiger partial charge on any atom is -0.459 e. The second-order valence-corrected chi connectivity index (χ2v) is 7.02. The number of carbonyl (C=O) groups excluding carboxylic acids is 2. The molecule has 0 amide bonds. The van der Waals surface area contributed by atoms with Crippen molar-refractivity contribution in [3.05, 3.63) is 69.7 Å². The van der Waals surface area contributed by atoms with E-state index < -0.39 is 43.2 Å². The summed E-state index contributed by atoms with van der Waals surface area (Å²) >= 11 is 11.5. The average molecular weight is 444 g/mol. The van der Waals surface area contributed by atoms with Gasteiger partial charge >= 0.3 is 11.9 Å². The van der Waals surface area contributed by atoms with Gasteiger partial charge in [-0.15, -0.1) is 0 Å². The molecular formula is C19H16Cl2FNO6. The molecule has 3 rings (SSSR count). The highest BCUT2D eigenvalue weighted by Gasteiger charge is 2.48. The van der Waals surface area contributed by atoms with Crippen molar-refractivity contribution in [3.8, 4) is 0 Å². The molecular weight excluding hydrogens is 428 g/mol. The molecule has 0 bridgehead atoms. The predicted molar refractivity (Wildman–Crippen MR) is 101 cm³/mol. The van der Waals surface area contributed by atoms with Crippen molar-refractivity contribution in [1.29, 1.82) is 0 Å². The van der Waals surface area contributed by atoms with Crippen LogP contribution in [0, 0.1) is 0 Å². The molecule has 10 heteroatoms. The van der Waals surface area contributed by atoms with Gasteiger partial charge in [0.2, 0.25) is 0 Å². The zero-order valence-corrected chi connectivity index (χ0v) is 16.3. The van der Waals surface area contributed by atoms with Gasteiger partial charge in [0.1, 0.15) is 12.7 Å². The van der Waals surface area contributed by atoms with Crippen molar-refractivity contribution in [2.75, 3.05) is 6.61 Å². The van der Waals surface area contributed by atoms with Crippen LogP contribution in [0.5, 0.6) is 0 Å². The summed E-state index contributed by atoms with van der Waals surface area (Å²) in [7, 11) is 0. The second-order valence-electron chi connectivity index (χ2n) is 6.15. The van der Waals surface area contributed by atoms with Crippen LogP contribution in [-0.2, 0) is 14.2 Å². The van der Waals surface area contributed by atoms with Crippen LogP contribution in [0.1, 0.15) is 20.7 Å². The van der Waals surface area contributed by atoms with Gasteiger partial charge in [-0.1, -0.05) is 23.2 Å². The van der Waals surface area contributed by atoms with Gasteiger partial charge in [0.15, 0.2) is 18.5 Å². The van der Waals surface area contributed by atoms with Gasteiger partial charge in [-0.3, -0.25) is 0 Å². The monoisotopic (exact) mass is 443 g/mol. The lowest BCUT2D eigenvalue weighted by Gasteiger charge is -2.19. The van der Waals surface area contributed by atoms with Gasteiger partial charge in [-0.05, 0) is 48.5 Å². The van der Waals surface area contributed by atoms with Crippen LogP contribution in [0.3, 0.4) is 0 Å². The number of hydrogen-bond acceptors (Lipinski definition) is 7. The summed E-state index contributed by atoms with van der Waals surface area (Å²) in [5.41, 5.74) is 2.04. The quantitative estimate of drug-likeness (QED) is 0.521. The first-order valence-corrected chi connectivity index (χ1v) is 9.23. The molecule has 0 aromatic heterocycles. The SMILES string of the molecule is O=C(OCC1OC(NO)[C@@H](F)[C@@H]1OC(=O)c1ccc(Cl)cc1)c1ccc(Cl)cc1. The van der Waals surface area contributed by atoms with E-state index in [9.17, 15) is 14.0 Å². The van der Waals surface area contributed by atoms with E-state index >= 15 is 0 Å². The Balaban J connectivity index is 1.66. The lowest BCUT2D eigenvalue weighted by atomic mass is 10.1. The molecule has 1 aliphatic rings. The van der Waals surface area contributed by atoms with Crippen molar-refractivity contribution < 1.29 is 33.4 Å². The summed E-state index contributed by atoms with van der Waals surface area (Å²) in [6.45, 7) is -0.404. The fourth-order valence-corrected chi connectivity index (χ4v) is 2.95. The van der Waals surface area contributed by atoms with Gasteiger partial charge in [-0.25, -0.2) is 14.0 Å². The molecule has 1 fully saturated rings. The third-order valence-electron chi connectivity index (χ3n) is 4.20. The van der Waals surface area contributed by atoms with Crippen molar-refractivity contribution in [1.82, 2.24) is 5.48 Å². The van der Waals surface area contributed by atoms with Crippen LogP contribution < -0.4 is 5.48 Å². The Morgan fingerprint density at radius 3 is 2.03 bits per heavy atom. The van der Waals surface area contributed by atoms with E-state index in [4.69, 9.17) is 42.6 Å². The first kappa shape index (κ1) is 21.5. The summed E-state index contributed by atoms with van der Waals surface area (Å²) in [4.78, 5) is 24.4. The first-order chi connectivity index (χ1) is 13.9. The van der Waals surface area contributed by atoms with Gasteiger partial charge < -0.3 is 19.4 Å². The largest absolute Gasteiger partial charge is 0.459 e. The number of rotatable bonds is 6. The maximum atomic E-state index is 14.5. The number of alkyl halides is 1. The number of hydrogen-bond donors (Lipinski definition) is 2. The molecule has 0 spiro atoms. The molecule has 29 heavy (non-hydrogen) atoms. The highest BCUT2D eigenvalue weighted by molar-refractivity contribution is 6.30. The molecule has 154 valence electrons. The van der Waals surface area contributed by atoms with E-state index in [1.807, 2.05) is 0 Å². The summed E-state index contributed by atoms with van der Waals surface area (Å²) in [6, 6.07) is 11.8. The van der Waals surface area contributed by atoms with Crippen LogP contribution >= 0.6 is 23.2 Å². The molecule has 4 atom stereocenters. The average Bonchev–Trinajstić information content (AvgIpc) is 3.02. The normalized spacial score (nSPS) is 23.6. The molecule has 0 aliphatic carbocycles. The topological polar surface area (TPSA) is 94.1 Å². The fraction of sp³-hybridized carbons (Fsp3) is 0.263. The lowest BCUT2D eigenvalue weighted by molar-refractivity contribution is -0.0818. The molecule has 2 unspecified atom stereocenters. The Morgan fingerprint density at radius 2 is 1.52 bits per heavy atom. The molecule has 2 N–H and O–H groups in total. The van der Waals surface area contributed by atoms with E-state index in [-0.39, 0.29) is 11.1 Å². The van der Waals surface area contributed by atoms with Gasteiger partial charge in [0.25, 0.3) is 0 Å². The molecule has 1 heterocycles. The minimum absolute atomic E-state index is 0.152. The van der Waals surface area contributed by atoms with E-state index in [0.29, 0.717) is 10.0 Å². The maximum absolute atomic E-state index is 14.5. The second kappa shape index (κ2) is 9.51. The fourth-order valence-electron chi connectivity index (χ4n) is 2.70. The highest BCUT2D eigenvalue weighted by Crippen LogP contribution is 2.27. The van der Waals surface area contributed by atoms with E-state index in [0.717, 1.165) is 0 Å². The van der Waals surface area contributed by atoms with E-state index in [1.165, 1.54) is 48.5 Å². The summed E-state index contributed by atoms with van der Waals surface area (Å²) < 4.78 is 30.1. The zero-order chi connectivity index (χ0) is 21.0. The number of ether oxygens (including phenoxy) is 3. The van der Waals surface area contributed by atoms with Gasteiger partial charge in [-0.2, -0.15) is 5.48 Å². The van der Waals surface area contributed by atoms with Crippen molar-refractivity contribution >= 4 is 35.1 Å². The molecule has 0 saturated carbocycles. The smallest absolute Gasteiger partial charge is 0.338 e. The van der Waals surface area contributed by atoms with Crippen molar-refractivity contribution in [2.24, 2.45) is 0 Å². The lowest BCUT2D eigenvalue weighted by Crippen LogP contribution is -2.39. The predicted octanol–water partition coefficient (Wildman–Crippen LogP) is 3.42. The Labute approximate surface area is 175 Å². The molecule has 0 radical (unpaired) electrons. The summed E-state index contributed by atoms with van der Waals surface area (Å²) in [6.07, 6.45) is -5.89. The number of halogens is 3. The Bertz CT molecular complexity index is 864. The molecule has 1 aliphatic heterocycles. The third-order valence-corrected chi connectivity index (χ3v) is 4.70. The Hall–Kier alpha value is -2.23. The van der Waals surface area contributed by atoms with Crippen LogP contribution in [0.4, 0.5) is 4.39 Å². The number of nitrogens with one attached hydrogen (secondary N) is 1. The number of benzene rings is 2. The Morgan fingerprint density at radius 1 is 1.00 bits per heavy atom. The van der Waals surface area contributed by atoms with Gasteiger partial charge in [0, 0.05) is 10.0 Å². The maximum Gasteiger partial charge on any atom is 0.338 e. The molecule has 1 saturated heterocycles. The number of esters is 2. The zero-order valence-electron chi connectivity index (χ0n) is 14.8. The van der Waals surface area contributed by atoms with Crippen LogP contribution in [0.15, 0.2) is 48.5 Å². The number of hydroxylamine groups is 1.